The number of hydrogen-bond donors (Lipinski definition) is 1. The lowest BCUT2D eigenvalue weighted by Gasteiger charge is -2.33. The number of aromatic nitrogens is 2. The second kappa shape index (κ2) is 8.93. The summed E-state index contributed by atoms with van der Waals surface area (Å²) in [4.78, 5) is 23.8. The Morgan fingerprint density at radius 3 is 2.64 bits per heavy atom. The molecule has 1 N–H and O–H groups in total. The molecule has 178 valence electrons. The maximum atomic E-state index is 13.1. The van der Waals surface area contributed by atoms with Gasteiger partial charge in [0.15, 0.2) is 5.03 Å². The molecule has 3 atom stereocenters. The Labute approximate surface area is 195 Å². The average Bonchev–Trinajstić information content (AvgIpc) is 3.28. The van der Waals surface area contributed by atoms with E-state index in [1.165, 1.54) is 6.07 Å². The smallest absolute Gasteiger partial charge is 0.281 e. The van der Waals surface area contributed by atoms with Crippen LogP contribution in [0.25, 0.3) is 0 Å². The third kappa shape index (κ3) is 4.98. The van der Waals surface area contributed by atoms with Crippen LogP contribution in [0.5, 0.6) is 5.88 Å². The molecule has 33 heavy (non-hydrogen) atoms. The van der Waals surface area contributed by atoms with Gasteiger partial charge < -0.3 is 9.64 Å². The zero-order valence-electron chi connectivity index (χ0n) is 19.6. The number of nitrogens with zero attached hydrogens (tertiary/aromatic N) is 3. The van der Waals surface area contributed by atoms with E-state index < -0.39 is 15.9 Å². The maximum Gasteiger partial charge on any atom is 0.281 e. The van der Waals surface area contributed by atoms with Crippen LogP contribution in [0.1, 0.15) is 63.7 Å². The molecule has 9 heteroatoms. The van der Waals surface area contributed by atoms with Gasteiger partial charge in [0.2, 0.25) is 5.88 Å². The van der Waals surface area contributed by atoms with Crippen molar-refractivity contribution in [2.75, 3.05) is 11.4 Å². The van der Waals surface area contributed by atoms with Gasteiger partial charge in [-0.1, -0.05) is 19.9 Å². The molecule has 1 aliphatic carbocycles. The summed E-state index contributed by atoms with van der Waals surface area (Å²) in [6.07, 6.45) is 5.68. The highest BCUT2D eigenvalue weighted by molar-refractivity contribution is 7.90. The number of pyridine rings is 2. The lowest BCUT2D eigenvalue weighted by molar-refractivity contribution is 0.0981. The molecular formula is C24H32N4O4S. The van der Waals surface area contributed by atoms with Gasteiger partial charge >= 0.3 is 0 Å². The van der Waals surface area contributed by atoms with Crippen LogP contribution < -0.4 is 14.4 Å². The van der Waals surface area contributed by atoms with Gasteiger partial charge in [-0.3, -0.25) is 4.79 Å². The van der Waals surface area contributed by atoms with E-state index >= 15 is 0 Å². The number of hydrogen-bond acceptors (Lipinski definition) is 7. The molecule has 4 rings (SSSR count). The summed E-state index contributed by atoms with van der Waals surface area (Å²) in [6.45, 7) is 9.22. The maximum absolute atomic E-state index is 13.1. The number of ether oxygens (including phenoxy) is 1. The summed E-state index contributed by atoms with van der Waals surface area (Å²) < 4.78 is 34.1. The highest BCUT2D eigenvalue weighted by atomic mass is 32.2. The van der Waals surface area contributed by atoms with Crippen molar-refractivity contribution in [1.82, 2.24) is 14.7 Å². The van der Waals surface area contributed by atoms with Gasteiger partial charge in [0.25, 0.3) is 15.9 Å². The molecule has 0 aromatic carbocycles. The van der Waals surface area contributed by atoms with Gasteiger partial charge in [0.1, 0.15) is 11.9 Å². The number of amides is 1. The van der Waals surface area contributed by atoms with Crippen molar-refractivity contribution in [2.24, 2.45) is 11.8 Å². The fourth-order valence-electron chi connectivity index (χ4n) is 5.03. The highest BCUT2D eigenvalue weighted by Gasteiger charge is 2.39. The quantitative estimate of drug-likeness (QED) is 0.682. The van der Waals surface area contributed by atoms with E-state index in [1.807, 2.05) is 0 Å². The summed E-state index contributed by atoms with van der Waals surface area (Å²) in [7, 11) is -4.19. The summed E-state index contributed by atoms with van der Waals surface area (Å²) >= 11 is 0. The first kappa shape index (κ1) is 23.5. The van der Waals surface area contributed by atoms with Crippen LogP contribution in [-0.2, 0) is 10.0 Å². The Morgan fingerprint density at radius 2 is 1.97 bits per heavy atom. The second-order valence-electron chi connectivity index (χ2n) is 9.92. The lowest BCUT2D eigenvalue weighted by atomic mass is 9.97. The third-order valence-corrected chi connectivity index (χ3v) is 7.85. The molecule has 1 unspecified atom stereocenters. The van der Waals surface area contributed by atoms with Crippen molar-refractivity contribution in [2.45, 2.75) is 70.0 Å². The van der Waals surface area contributed by atoms with Gasteiger partial charge in [-0.15, -0.1) is 0 Å². The minimum atomic E-state index is -4.19. The summed E-state index contributed by atoms with van der Waals surface area (Å²) in [6, 6.07) is 7.80. The number of nitrogens with one attached hydrogen (secondary N) is 1. The molecule has 2 fully saturated rings. The molecule has 1 amide bonds. The van der Waals surface area contributed by atoms with Crippen LogP contribution in [-0.4, -0.2) is 42.5 Å². The first-order chi connectivity index (χ1) is 15.6. The molecular weight excluding hydrogens is 440 g/mol. The fourth-order valence-corrected chi connectivity index (χ4v) is 5.96. The molecule has 0 spiro atoms. The average molecular weight is 473 g/mol. The molecule has 2 aliphatic rings. The van der Waals surface area contributed by atoms with Crippen molar-refractivity contribution in [3.8, 4) is 5.88 Å². The van der Waals surface area contributed by atoms with E-state index in [9.17, 15) is 13.2 Å². The molecule has 8 nitrogen and oxygen atoms in total. The number of carbonyl (C=O) groups excluding carboxylic acids is 1. The number of anilines is 1. The topological polar surface area (TPSA) is 101 Å². The van der Waals surface area contributed by atoms with Crippen LogP contribution in [0.4, 0.5) is 5.82 Å². The molecule has 1 saturated carbocycles. The minimum absolute atomic E-state index is 0.0224. The SMILES string of the molecule is CC1CN(c2ncccc2C(=O)NS(=O)(=O)c2cccc(O[C@H]3CCC[C@@H]3C)n2)C(C)(C)C1. The highest BCUT2D eigenvalue weighted by Crippen LogP contribution is 2.37. The van der Waals surface area contributed by atoms with Crippen LogP contribution in [0, 0.1) is 11.8 Å². The van der Waals surface area contributed by atoms with Crippen molar-refractivity contribution in [3.05, 3.63) is 42.1 Å². The van der Waals surface area contributed by atoms with Crippen molar-refractivity contribution < 1.29 is 17.9 Å². The predicted molar refractivity (Wildman–Crippen MR) is 126 cm³/mol. The van der Waals surface area contributed by atoms with Crippen molar-refractivity contribution in [1.29, 1.82) is 0 Å². The molecule has 0 bridgehead atoms. The van der Waals surface area contributed by atoms with Gasteiger partial charge in [0, 0.05) is 24.3 Å². The van der Waals surface area contributed by atoms with Crippen LogP contribution in [0.15, 0.2) is 41.6 Å². The van der Waals surface area contributed by atoms with Gasteiger partial charge in [-0.05, 0) is 69.6 Å². The first-order valence-corrected chi connectivity index (χ1v) is 13.0. The Balaban J connectivity index is 1.55. The van der Waals surface area contributed by atoms with Gasteiger partial charge in [0.05, 0.1) is 5.56 Å². The molecule has 3 heterocycles. The monoisotopic (exact) mass is 472 g/mol. The van der Waals surface area contributed by atoms with Gasteiger partial charge in [-0.2, -0.15) is 13.4 Å². The number of carbonyl (C=O) groups is 1. The third-order valence-electron chi connectivity index (χ3n) is 6.62. The zero-order valence-corrected chi connectivity index (χ0v) is 20.4. The van der Waals surface area contributed by atoms with E-state index in [2.05, 4.69) is 47.3 Å². The van der Waals surface area contributed by atoms with Crippen LogP contribution in [0.3, 0.4) is 0 Å². The first-order valence-electron chi connectivity index (χ1n) is 11.5. The fraction of sp³-hybridized carbons (Fsp3) is 0.542. The van der Waals surface area contributed by atoms with Gasteiger partial charge in [-0.25, -0.2) is 9.71 Å². The Hall–Kier alpha value is -2.68. The summed E-state index contributed by atoms with van der Waals surface area (Å²) in [5.41, 5.74) is 0.0298. The molecule has 0 radical (unpaired) electrons. The Kier molecular flexibility index (Phi) is 6.35. The van der Waals surface area contributed by atoms with E-state index in [0.717, 1.165) is 32.2 Å². The standard InChI is InChI=1S/C24H32N4O4S/c1-16-14-24(3,4)28(15-16)22-18(9-7-13-25-22)23(29)27-33(30,31)21-12-6-11-20(26-21)32-19-10-5-8-17(19)2/h6-7,9,11-13,16-17,19H,5,8,10,14-15H2,1-4H3,(H,27,29)/t16?,17-,19-/m0/s1. The van der Waals surface area contributed by atoms with E-state index in [0.29, 0.717) is 17.7 Å². The van der Waals surface area contributed by atoms with Crippen molar-refractivity contribution in [3.63, 3.8) is 0 Å². The van der Waals surface area contributed by atoms with E-state index in [1.54, 1.807) is 30.5 Å². The Morgan fingerprint density at radius 1 is 1.18 bits per heavy atom. The molecule has 1 saturated heterocycles. The normalized spacial score (nSPS) is 24.6. The minimum Gasteiger partial charge on any atom is -0.474 e. The molecule has 2 aromatic heterocycles. The second-order valence-corrected chi connectivity index (χ2v) is 11.5. The number of sulfonamides is 1. The number of rotatable bonds is 6. The molecule has 2 aromatic rings. The Bertz CT molecular complexity index is 1130. The van der Waals surface area contributed by atoms with Crippen molar-refractivity contribution >= 4 is 21.7 Å². The lowest BCUT2D eigenvalue weighted by Crippen LogP contribution is -2.41. The van der Waals surface area contributed by atoms with Crippen LogP contribution >= 0.6 is 0 Å². The largest absolute Gasteiger partial charge is 0.474 e. The summed E-state index contributed by atoms with van der Waals surface area (Å²) in [5.74, 6) is 0.842. The predicted octanol–water partition coefficient (Wildman–Crippen LogP) is 3.79. The van der Waals surface area contributed by atoms with E-state index in [4.69, 9.17) is 4.74 Å². The van der Waals surface area contributed by atoms with E-state index in [-0.39, 0.29) is 28.1 Å². The summed E-state index contributed by atoms with van der Waals surface area (Å²) in [5, 5.41) is -0.250. The van der Waals surface area contributed by atoms with Crippen LogP contribution in [0.2, 0.25) is 0 Å². The zero-order chi connectivity index (χ0) is 23.8. The molecule has 1 aliphatic heterocycles.